The van der Waals surface area contributed by atoms with Gasteiger partial charge in [0.05, 0.1) is 5.56 Å². The third-order valence-corrected chi connectivity index (χ3v) is 5.34. The second-order valence-corrected chi connectivity index (χ2v) is 7.98. The number of nitrogens with one attached hydrogen (secondary N) is 3. The molecular weight excluding hydrogens is 458 g/mol. The molecule has 0 unspecified atom stereocenters. The number of benzene rings is 4. The van der Waals surface area contributed by atoms with Crippen molar-refractivity contribution in [1.29, 1.82) is 0 Å². The number of thiocarbonyl (C=S) groups is 1. The van der Waals surface area contributed by atoms with E-state index in [9.17, 15) is 9.59 Å². The third kappa shape index (κ3) is 6.52. The minimum atomic E-state index is -0.447. The maximum absolute atomic E-state index is 12.7. The number of rotatable bonds is 6. The predicted molar refractivity (Wildman–Crippen MR) is 140 cm³/mol. The van der Waals surface area contributed by atoms with Crippen molar-refractivity contribution in [3.05, 3.63) is 126 Å². The highest BCUT2D eigenvalue weighted by atomic mass is 32.1. The van der Waals surface area contributed by atoms with Crippen LogP contribution in [0, 0.1) is 0 Å². The van der Waals surface area contributed by atoms with Crippen LogP contribution in [0.2, 0.25) is 0 Å². The molecule has 4 aromatic carbocycles. The van der Waals surface area contributed by atoms with E-state index in [1.165, 1.54) is 0 Å². The fourth-order valence-electron chi connectivity index (χ4n) is 3.35. The van der Waals surface area contributed by atoms with Crippen molar-refractivity contribution in [3.63, 3.8) is 0 Å². The molecule has 0 heterocycles. The number of carbonyl (C=O) groups excluding carboxylic acids is 2. The Morgan fingerprint density at radius 1 is 0.657 bits per heavy atom. The number of ether oxygens (including phenoxy) is 1. The van der Waals surface area contributed by atoms with Gasteiger partial charge in [-0.2, -0.15) is 0 Å². The Morgan fingerprint density at radius 3 is 1.97 bits per heavy atom. The lowest BCUT2D eigenvalue weighted by atomic mass is 10.0. The molecule has 0 aliphatic heterocycles. The molecule has 0 radical (unpaired) electrons. The van der Waals surface area contributed by atoms with Crippen molar-refractivity contribution < 1.29 is 14.3 Å². The molecule has 0 aliphatic carbocycles. The van der Waals surface area contributed by atoms with E-state index in [0.717, 1.165) is 16.7 Å². The quantitative estimate of drug-likeness (QED) is 0.270. The predicted octanol–water partition coefficient (Wildman–Crippen LogP) is 4.88. The van der Waals surface area contributed by atoms with Gasteiger partial charge in [0.25, 0.3) is 11.8 Å². The highest BCUT2D eigenvalue weighted by Gasteiger charge is 2.14. The molecule has 4 rings (SSSR count). The van der Waals surface area contributed by atoms with Crippen LogP contribution in [0.3, 0.4) is 0 Å². The zero-order valence-electron chi connectivity index (χ0n) is 18.7. The summed E-state index contributed by atoms with van der Waals surface area (Å²) in [4.78, 5) is 25.2. The molecule has 0 aromatic heterocycles. The normalized spacial score (nSPS) is 10.2. The van der Waals surface area contributed by atoms with Crippen LogP contribution >= 0.6 is 12.2 Å². The molecule has 0 saturated carbocycles. The van der Waals surface area contributed by atoms with E-state index in [1.54, 1.807) is 36.4 Å². The van der Waals surface area contributed by atoms with Gasteiger partial charge in [-0.25, -0.2) is 0 Å². The molecule has 0 bridgehead atoms. The van der Waals surface area contributed by atoms with E-state index in [0.29, 0.717) is 23.5 Å². The van der Waals surface area contributed by atoms with Crippen molar-refractivity contribution in [2.24, 2.45) is 0 Å². The first-order valence-corrected chi connectivity index (χ1v) is 11.3. The van der Waals surface area contributed by atoms with Crippen LogP contribution in [0.1, 0.15) is 26.3 Å². The molecule has 7 heteroatoms. The summed E-state index contributed by atoms with van der Waals surface area (Å²) < 4.78 is 5.82. The topological polar surface area (TPSA) is 79.5 Å². The smallest absolute Gasteiger partial charge is 0.273 e. The Bertz CT molecular complexity index is 1310. The van der Waals surface area contributed by atoms with E-state index in [4.69, 9.17) is 17.0 Å². The van der Waals surface area contributed by atoms with Crippen molar-refractivity contribution in [2.45, 2.75) is 6.61 Å². The van der Waals surface area contributed by atoms with Crippen LogP contribution < -0.4 is 20.9 Å². The fourth-order valence-corrected chi connectivity index (χ4v) is 3.49. The van der Waals surface area contributed by atoms with Crippen molar-refractivity contribution in [1.82, 2.24) is 16.2 Å². The van der Waals surface area contributed by atoms with Gasteiger partial charge in [0.15, 0.2) is 5.11 Å². The zero-order valence-corrected chi connectivity index (χ0v) is 19.5. The lowest BCUT2D eigenvalue weighted by Crippen LogP contribution is -2.48. The second-order valence-electron chi connectivity index (χ2n) is 7.58. The van der Waals surface area contributed by atoms with Gasteiger partial charge in [0.2, 0.25) is 0 Å². The molecule has 0 fully saturated rings. The van der Waals surface area contributed by atoms with Gasteiger partial charge in [-0.1, -0.05) is 84.9 Å². The number of hydrogen-bond donors (Lipinski definition) is 3. The van der Waals surface area contributed by atoms with Crippen molar-refractivity contribution >= 4 is 29.1 Å². The second kappa shape index (κ2) is 11.6. The first kappa shape index (κ1) is 23.7. The fraction of sp³-hybridized carbons (Fsp3) is 0.0357. The molecule has 2 amide bonds. The zero-order chi connectivity index (χ0) is 24.5. The van der Waals surface area contributed by atoms with Crippen LogP contribution in [0.25, 0.3) is 11.1 Å². The Morgan fingerprint density at radius 2 is 1.26 bits per heavy atom. The number of carbonyl (C=O) groups is 2. The average Bonchev–Trinajstić information content (AvgIpc) is 2.92. The third-order valence-electron chi connectivity index (χ3n) is 5.14. The van der Waals surface area contributed by atoms with Gasteiger partial charge in [-0.05, 0) is 53.2 Å². The summed E-state index contributed by atoms with van der Waals surface area (Å²) in [6.45, 7) is 0.329. The standard InChI is InChI=1S/C28H23N3O3S/c32-26(23-17-15-22(16-18-23)21-11-5-2-6-12-21)29-28(35)31-30-27(33)24-13-7-8-14-25(24)34-19-20-9-3-1-4-10-20/h1-18H,19H2,(H,30,33)(H2,29,31,32,35). The minimum Gasteiger partial charge on any atom is -0.488 e. The Hall–Kier alpha value is -4.49. The number of amides is 2. The molecule has 6 nitrogen and oxygen atoms in total. The van der Waals surface area contributed by atoms with E-state index >= 15 is 0 Å². The number of hydrazine groups is 1. The van der Waals surface area contributed by atoms with Gasteiger partial charge < -0.3 is 4.74 Å². The molecule has 0 saturated heterocycles. The van der Waals surface area contributed by atoms with Gasteiger partial charge in [-0.15, -0.1) is 0 Å². The average molecular weight is 482 g/mol. The Kier molecular flexibility index (Phi) is 7.83. The lowest BCUT2D eigenvalue weighted by molar-refractivity contribution is 0.0930. The summed E-state index contributed by atoms with van der Waals surface area (Å²) in [5.41, 5.74) is 8.90. The Labute approximate surface area is 208 Å². The summed E-state index contributed by atoms with van der Waals surface area (Å²) in [6, 6.07) is 33.6. The molecule has 174 valence electrons. The maximum Gasteiger partial charge on any atom is 0.273 e. The molecular formula is C28H23N3O3S. The maximum atomic E-state index is 12.7. The molecule has 0 spiro atoms. The largest absolute Gasteiger partial charge is 0.488 e. The first-order valence-electron chi connectivity index (χ1n) is 10.9. The number of hydrogen-bond acceptors (Lipinski definition) is 4. The first-order chi connectivity index (χ1) is 17.1. The molecule has 3 N–H and O–H groups in total. The van der Waals surface area contributed by atoms with Crippen LogP contribution in [0.15, 0.2) is 109 Å². The SMILES string of the molecule is O=C(NC(=S)NNC(=O)c1ccccc1OCc1ccccc1)c1ccc(-c2ccccc2)cc1. The summed E-state index contributed by atoms with van der Waals surface area (Å²) in [7, 11) is 0. The van der Waals surface area contributed by atoms with E-state index < -0.39 is 5.91 Å². The van der Waals surface area contributed by atoms with Gasteiger partial charge in [-0.3, -0.25) is 25.8 Å². The monoisotopic (exact) mass is 481 g/mol. The highest BCUT2D eigenvalue weighted by Crippen LogP contribution is 2.20. The molecule has 0 atom stereocenters. The number of para-hydroxylation sites is 1. The lowest BCUT2D eigenvalue weighted by Gasteiger charge is -2.14. The van der Waals surface area contributed by atoms with Crippen LogP contribution in [0.4, 0.5) is 0 Å². The molecule has 0 aliphatic rings. The minimum absolute atomic E-state index is 0.0295. The van der Waals surface area contributed by atoms with Crippen molar-refractivity contribution in [3.8, 4) is 16.9 Å². The summed E-state index contributed by atoms with van der Waals surface area (Å²) in [5, 5.41) is 2.53. The molecule has 4 aromatic rings. The summed E-state index contributed by atoms with van der Waals surface area (Å²) >= 11 is 5.16. The van der Waals surface area contributed by atoms with Gasteiger partial charge >= 0.3 is 0 Å². The van der Waals surface area contributed by atoms with E-state index in [-0.39, 0.29) is 11.0 Å². The van der Waals surface area contributed by atoms with Gasteiger partial charge in [0.1, 0.15) is 12.4 Å². The Balaban J connectivity index is 1.30. The van der Waals surface area contributed by atoms with Crippen molar-refractivity contribution in [2.75, 3.05) is 0 Å². The summed E-state index contributed by atoms with van der Waals surface area (Å²) in [5.74, 6) is -0.399. The van der Waals surface area contributed by atoms with Crippen LogP contribution in [0.5, 0.6) is 5.75 Å². The van der Waals surface area contributed by atoms with Gasteiger partial charge in [0, 0.05) is 5.56 Å². The van der Waals surface area contributed by atoms with E-state index in [1.807, 2.05) is 72.8 Å². The van der Waals surface area contributed by atoms with Crippen LogP contribution in [-0.4, -0.2) is 16.9 Å². The molecule has 35 heavy (non-hydrogen) atoms. The van der Waals surface area contributed by atoms with Crippen LogP contribution in [-0.2, 0) is 6.61 Å². The van der Waals surface area contributed by atoms with E-state index in [2.05, 4.69) is 16.2 Å². The highest BCUT2D eigenvalue weighted by molar-refractivity contribution is 7.80. The summed E-state index contributed by atoms with van der Waals surface area (Å²) in [6.07, 6.45) is 0.